The zero-order valence-corrected chi connectivity index (χ0v) is 14.2. The van der Waals surface area contributed by atoms with Crippen LogP contribution in [0.1, 0.15) is 32.6 Å². The average Bonchev–Trinajstić information content (AvgIpc) is 2.92. The van der Waals surface area contributed by atoms with Gasteiger partial charge in [0.2, 0.25) is 16.0 Å². The molecule has 0 saturated carbocycles. The molecule has 2 saturated heterocycles. The van der Waals surface area contributed by atoms with Crippen LogP contribution in [0.4, 0.5) is 10.3 Å². The maximum atomic E-state index is 13.0. The molecule has 0 amide bonds. The van der Waals surface area contributed by atoms with E-state index in [1.807, 2.05) is 6.92 Å². The Labute approximate surface area is 136 Å². The molecule has 6 nitrogen and oxygen atoms in total. The summed E-state index contributed by atoms with van der Waals surface area (Å²) in [5, 5.41) is 0. The molecule has 2 aliphatic rings. The van der Waals surface area contributed by atoms with Crippen molar-refractivity contribution in [3.05, 3.63) is 18.2 Å². The van der Waals surface area contributed by atoms with Crippen molar-refractivity contribution in [3.8, 4) is 0 Å². The van der Waals surface area contributed by atoms with Gasteiger partial charge in [-0.2, -0.15) is 0 Å². The third kappa shape index (κ3) is 3.47. The zero-order valence-electron chi connectivity index (χ0n) is 13.4. The first-order chi connectivity index (χ1) is 10.9. The zero-order chi connectivity index (χ0) is 16.5. The highest BCUT2D eigenvalue weighted by Crippen LogP contribution is 2.40. The fraction of sp³-hybridized carbons (Fsp3) is 0.733. The van der Waals surface area contributed by atoms with E-state index in [9.17, 15) is 12.8 Å². The molecule has 23 heavy (non-hydrogen) atoms. The first-order valence-corrected chi connectivity index (χ1v) is 9.75. The largest absolute Gasteiger partial charge is 0.340 e. The molecule has 1 spiro atoms. The Morgan fingerprint density at radius 1 is 1.22 bits per heavy atom. The summed E-state index contributed by atoms with van der Waals surface area (Å²) in [6.07, 6.45) is 5.85. The molecule has 0 unspecified atom stereocenters. The molecule has 1 aromatic heterocycles. The van der Waals surface area contributed by atoms with Gasteiger partial charge in [0.15, 0.2) is 5.82 Å². The van der Waals surface area contributed by atoms with Crippen molar-refractivity contribution in [2.75, 3.05) is 36.8 Å². The predicted octanol–water partition coefficient (Wildman–Crippen LogP) is 1.65. The molecule has 3 heterocycles. The van der Waals surface area contributed by atoms with Crippen molar-refractivity contribution in [2.45, 2.75) is 32.6 Å². The maximum Gasteiger partial charge on any atom is 0.225 e. The lowest BCUT2D eigenvalue weighted by atomic mass is 9.79. The standard InChI is InChI=1S/C15H23FN4O2S/c1-2-8-23(21,22)20-7-5-15(12-20)4-3-6-19(11-15)14-17-9-13(16)10-18-14/h9-10H,2-8,11-12H2,1H3/t15-/m1/s1. The van der Waals surface area contributed by atoms with E-state index in [-0.39, 0.29) is 11.2 Å². The Balaban J connectivity index is 1.72. The highest BCUT2D eigenvalue weighted by molar-refractivity contribution is 7.89. The van der Waals surface area contributed by atoms with E-state index in [0.717, 1.165) is 32.4 Å². The summed E-state index contributed by atoms with van der Waals surface area (Å²) in [5.74, 6) is 0.298. The minimum absolute atomic E-state index is 0.0309. The van der Waals surface area contributed by atoms with Crippen molar-refractivity contribution in [1.29, 1.82) is 0 Å². The molecule has 0 N–H and O–H groups in total. The highest BCUT2D eigenvalue weighted by atomic mass is 32.2. The van der Waals surface area contributed by atoms with Crippen molar-refractivity contribution < 1.29 is 12.8 Å². The average molecular weight is 342 g/mol. The summed E-state index contributed by atoms with van der Waals surface area (Å²) in [5.41, 5.74) is -0.0309. The van der Waals surface area contributed by atoms with E-state index < -0.39 is 15.8 Å². The quantitative estimate of drug-likeness (QED) is 0.832. The lowest BCUT2D eigenvalue weighted by Gasteiger charge is -2.40. The van der Waals surface area contributed by atoms with Gasteiger partial charge < -0.3 is 4.90 Å². The Morgan fingerprint density at radius 3 is 2.65 bits per heavy atom. The monoisotopic (exact) mass is 342 g/mol. The van der Waals surface area contributed by atoms with Crippen LogP contribution in [-0.4, -0.2) is 54.6 Å². The molecule has 0 radical (unpaired) electrons. The molecular weight excluding hydrogens is 319 g/mol. The molecule has 3 rings (SSSR count). The van der Waals surface area contributed by atoms with Crippen LogP contribution in [0.3, 0.4) is 0 Å². The smallest absolute Gasteiger partial charge is 0.225 e. The SMILES string of the molecule is CCCS(=O)(=O)N1CC[C@@]2(CCCN(c3ncc(F)cn3)C2)C1. The number of nitrogens with zero attached hydrogens (tertiary/aromatic N) is 4. The molecule has 0 bridgehead atoms. The number of aromatic nitrogens is 2. The van der Waals surface area contributed by atoms with Crippen molar-refractivity contribution in [1.82, 2.24) is 14.3 Å². The van der Waals surface area contributed by atoms with Gasteiger partial charge in [-0.3, -0.25) is 0 Å². The van der Waals surface area contributed by atoms with Crippen molar-refractivity contribution in [3.63, 3.8) is 0 Å². The van der Waals surface area contributed by atoms with Crippen LogP contribution < -0.4 is 4.90 Å². The van der Waals surface area contributed by atoms with Gasteiger partial charge >= 0.3 is 0 Å². The topological polar surface area (TPSA) is 66.4 Å². The van der Waals surface area contributed by atoms with Gasteiger partial charge in [0, 0.05) is 31.6 Å². The summed E-state index contributed by atoms with van der Waals surface area (Å²) in [4.78, 5) is 10.2. The fourth-order valence-corrected chi connectivity index (χ4v) is 5.31. The van der Waals surface area contributed by atoms with Crippen molar-refractivity contribution >= 4 is 16.0 Å². The third-order valence-corrected chi connectivity index (χ3v) is 6.83. The van der Waals surface area contributed by atoms with Crippen molar-refractivity contribution in [2.24, 2.45) is 5.41 Å². The van der Waals surface area contributed by atoms with Crippen LogP contribution in [0.5, 0.6) is 0 Å². The van der Waals surface area contributed by atoms with Crippen LogP contribution in [0.15, 0.2) is 12.4 Å². The van der Waals surface area contributed by atoms with Gasteiger partial charge in [-0.1, -0.05) is 6.92 Å². The molecule has 0 aliphatic carbocycles. The minimum atomic E-state index is -3.14. The second-order valence-electron chi connectivity index (χ2n) is 6.63. The maximum absolute atomic E-state index is 13.0. The Hall–Kier alpha value is -1.28. The molecule has 1 atom stereocenters. The number of anilines is 1. The summed E-state index contributed by atoms with van der Waals surface area (Å²) in [6, 6.07) is 0. The second-order valence-corrected chi connectivity index (χ2v) is 8.71. The van der Waals surface area contributed by atoms with Gasteiger partial charge in [0.25, 0.3) is 0 Å². The lowest BCUT2D eigenvalue weighted by molar-refractivity contribution is 0.246. The second kappa shape index (κ2) is 6.32. The van der Waals surface area contributed by atoms with Crippen LogP contribution in [0.2, 0.25) is 0 Å². The Kier molecular flexibility index (Phi) is 4.55. The fourth-order valence-electron chi connectivity index (χ4n) is 3.70. The minimum Gasteiger partial charge on any atom is -0.340 e. The van der Waals surface area contributed by atoms with E-state index in [1.54, 1.807) is 4.31 Å². The van der Waals surface area contributed by atoms with E-state index >= 15 is 0 Å². The van der Waals surface area contributed by atoms with E-state index in [0.29, 0.717) is 25.5 Å². The lowest BCUT2D eigenvalue weighted by Crippen LogP contribution is -2.46. The Bertz CT molecular complexity index is 652. The van der Waals surface area contributed by atoms with Gasteiger partial charge in [-0.05, 0) is 25.7 Å². The first kappa shape index (κ1) is 16.6. The molecule has 8 heteroatoms. The summed E-state index contributed by atoms with van der Waals surface area (Å²) < 4.78 is 39.2. The molecule has 0 aromatic carbocycles. The molecule has 1 aromatic rings. The first-order valence-electron chi connectivity index (χ1n) is 8.14. The number of hydrogen-bond acceptors (Lipinski definition) is 5. The van der Waals surface area contributed by atoms with Crippen LogP contribution >= 0.6 is 0 Å². The number of halogens is 1. The van der Waals surface area contributed by atoms with E-state index in [1.165, 1.54) is 12.4 Å². The molecule has 128 valence electrons. The number of hydrogen-bond donors (Lipinski definition) is 0. The van der Waals surface area contributed by atoms with Gasteiger partial charge in [0.05, 0.1) is 18.1 Å². The van der Waals surface area contributed by atoms with Gasteiger partial charge in [-0.25, -0.2) is 27.1 Å². The van der Waals surface area contributed by atoms with Crippen LogP contribution in [0.25, 0.3) is 0 Å². The molecule has 2 fully saturated rings. The van der Waals surface area contributed by atoms with Crippen LogP contribution in [0, 0.1) is 11.2 Å². The number of rotatable bonds is 4. The molecule has 2 aliphatic heterocycles. The van der Waals surface area contributed by atoms with Gasteiger partial charge in [-0.15, -0.1) is 0 Å². The summed E-state index contributed by atoms with van der Waals surface area (Å²) in [7, 11) is -3.14. The van der Waals surface area contributed by atoms with E-state index in [4.69, 9.17) is 0 Å². The summed E-state index contributed by atoms with van der Waals surface area (Å²) >= 11 is 0. The van der Waals surface area contributed by atoms with Gasteiger partial charge in [0.1, 0.15) is 0 Å². The number of piperidine rings is 1. The highest BCUT2D eigenvalue weighted by Gasteiger charge is 2.44. The van der Waals surface area contributed by atoms with E-state index in [2.05, 4.69) is 14.9 Å². The number of sulfonamides is 1. The Morgan fingerprint density at radius 2 is 1.96 bits per heavy atom. The normalized spacial score (nSPS) is 26.1. The summed E-state index contributed by atoms with van der Waals surface area (Å²) in [6.45, 7) is 4.62. The van der Waals surface area contributed by atoms with Crippen LogP contribution in [-0.2, 0) is 10.0 Å². The molecular formula is C15H23FN4O2S. The predicted molar refractivity (Wildman–Crippen MR) is 86.1 cm³/mol. The third-order valence-electron chi connectivity index (χ3n) is 4.81.